The maximum atomic E-state index is 12.5. The Hall–Kier alpha value is -2.54. The molecule has 0 unspecified atom stereocenters. The van der Waals surface area contributed by atoms with Crippen molar-refractivity contribution in [1.29, 1.82) is 0 Å². The molecule has 1 amide bonds. The highest BCUT2D eigenvalue weighted by molar-refractivity contribution is 9.10. The van der Waals surface area contributed by atoms with Gasteiger partial charge in [-0.3, -0.25) is 10.1 Å². The third kappa shape index (κ3) is 3.78. The molecule has 0 spiro atoms. The Morgan fingerprint density at radius 3 is 2.67 bits per heavy atom. The predicted molar refractivity (Wildman–Crippen MR) is 113 cm³/mol. The number of halogens is 1. The molecule has 0 saturated carbocycles. The van der Waals surface area contributed by atoms with E-state index >= 15 is 0 Å². The maximum Gasteiger partial charge on any atom is 0.258 e. The fourth-order valence-electron chi connectivity index (χ4n) is 2.82. The maximum absolute atomic E-state index is 12.5. The number of carbonyl (C=O) groups excluding carboxylic acids is 1. The molecule has 3 aromatic carbocycles. The molecule has 6 heteroatoms. The van der Waals surface area contributed by atoms with Gasteiger partial charge in [0.25, 0.3) is 5.91 Å². The summed E-state index contributed by atoms with van der Waals surface area (Å²) < 4.78 is 1.74. The van der Waals surface area contributed by atoms with Crippen molar-refractivity contribution < 1.29 is 9.90 Å². The number of hydrogen-bond donors (Lipinski definition) is 2. The summed E-state index contributed by atoms with van der Waals surface area (Å²) in [4.78, 5) is 17.0. The summed E-state index contributed by atoms with van der Waals surface area (Å²) in [5, 5.41) is 12.8. The molecule has 4 aromatic rings. The third-order valence-corrected chi connectivity index (χ3v) is 5.81. The van der Waals surface area contributed by atoms with Gasteiger partial charge in [0.1, 0.15) is 0 Å². The molecular weight excluding hydrogens is 424 g/mol. The van der Waals surface area contributed by atoms with E-state index < -0.39 is 0 Å². The van der Waals surface area contributed by atoms with Crippen LogP contribution in [0.2, 0.25) is 0 Å². The molecule has 1 heterocycles. The predicted octanol–water partition coefficient (Wildman–Crippen LogP) is 5.47. The number of nitrogens with zero attached hydrogens (tertiary/aromatic N) is 1. The molecule has 4 nitrogen and oxygen atoms in total. The topological polar surface area (TPSA) is 62.2 Å². The molecule has 0 saturated heterocycles. The molecular formula is C21H15BrN2O2S. The van der Waals surface area contributed by atoms with Crippen molar-refractivity contribution in [2.75, 3.05) is 5.32 Å². The second kappa shape index (κ2) is 7.60. The van der Waals surface area contributed by atoms with Crippen molar-refractivity contribution in [3.8, 4) is 11.1 Å². The highest BCUT2D eigenvalue weighted by Crippen LogP contribution is 2.31. The van der Waals surface area contributed by atoms with Crippen molar-refractivity contribution in [2.24, 2.45) is 0 Å². The fourth-order valence-corrected chi connectivity index (χ4v) is 4.13. The van der Waals surface area contributed by atoms with Gasteiger partial charge in [0, 0.05) is 4.47 Å². The number of amides is 1. The quantitative estimate of drug-likeness (QED) is 0.443. The van der Waals surface area contributed by atoms with Gasteiger partial charge in [0.15, 0.2) is 5.13 Å². The second-order valence-corrected chi connectivity index (χ2v) is 7.88. The molecule has 4 rings (SSSR count). The first-order valence-electron chi connectivity index (χ1n) is 8.31. The van der Waals surface area contributed by atoms with Crippen LogP contribution in [0.3, 0.4) is 0 Å². The largest absolute Gasteiger partial charge is 0.392 e. The van der Waals surface area contributed by atoms with E-state index in [1.54, 1.807) is 6.07 Å². The van der Waals surface area contributed by atoms with Crippen molar-refractivity contribution in [2.45, 2.75) is 6.61 Å². The number of fused-ring (bicyclic) bond motifs is 1. The van der Waals surface area contributed by atoms with Gasteiger partial charge in [-0.25, -0.2) is 4.98 Å². The van der Waals surface area contributed by atoms with E-state index in [2.05, 4.69) is 26.2 Å². The lowest BCUT2D eigenvalue weighted by molar-refractivity contribution is 0.102. The zero-order valence-corrected chi connectivity index (χ0v) is 16.5. The van der Waals surface area contributed by atoms with Crippen molar-refractivity contribution in [3.05, 3.63) is 82.3 Å². The van der Waals surface area contributed by atoms with Gasteiger partial charge in [-0.1, -0.05) is 47.7 Å². The zero-order chi connectivity index (χ0) is 18.8. The third-order valence-electron chi connectivity index (χ3n) is 4.17. The summed E-state index contributed by atoms with van der Waals surface area (Å²) in [6.07, 6.45) is 0. The molecule has 134 valence electrons. The van der Waals surface area contributed by atoms with Crippen molar-refractivity contribution in [1.82, 2.24) is 4.98 Å². The average Bonchev–Trinajstić information content (AvgIpc) is 3.09. The Morgan fingerprint density at radius 1 is 1.04 bits per heavy atom. The number of anilines is 1. The summed E-state index contributed by atoms with van der Waals surface area (Å²) in [6.45, 7) is 0.0119. The first-order valence-corrected chi connectivity index (χ1v) is 9.91. The smallest absolute Gasteiger partial charge is 0.258 e. The zero-order valence-electron chi connectivity index (χ0n) is 14.1. The SMILES string of the molecule is O=C(Nc1nc2cc(-c3cccc(CO)c3)ccc2s1)c1ccccc1Br. The minimum Gasteiger partial charge on any atom is -0.392 e. The van der Waals surface area contributed by atoms with Gasteiger partial charge in [0.2, 0.25) is 0 Å². The lowest BCUT2D eigenvalue weighted by Gasteiger charge is -2.03. The van der Waals surface area contributed by atoms with E-state index in [1.807, 2.05) is 60.7 Å². The van der Waals surface area contributed by atoms with Gasteiger partial charge in [-0.05, 0) is 63.0 Å². The lowest BCUT2D eigenvalue weighted by atomic mass is 10.0. The number of benzene rings is 3. The van der Waals surface area contributed by atoms with E-state index in [9.17, 15) is 9.90 Å². The van der Waals surface area contributed by atoms with Crippen LogP contribution in [0.5, 0.6) is 0 Å². The number of aromatic nitrogens is 1. The van der Waals surface area contributed by atoms with Crippen molar-refractivity contribution in [3.63, 3.8) is 0 Å². The molecule has 0 bridgehead atoms. The molecule has 0 aliphatic carbocycles. The van der Waals surface area contributed by atoms with Crippen LogP contribution in [-0.2, 0) is 6.61 Å². The normalized spacial score (nSPS) is 10.9. The van der Waals surface area contributed by atoms with Crippen LogP contribution in [0.4, 0.5) is 5.13 Å². The molecule has 0 radical (unpaired) electrons. The number of nitrogens with one attached hydrogen (secondary N) is 1. The van der Waals surface area contributed by atoms with E-state index in [4.69, 9.17) is 0 Å². The van der Waals surface area contributed by atoms with Gasteiger partial charge in [0.05, 0.1) is 22.4 Å². The van der Waals surface area contributed by atoms with Crippen LogP contribution in [0, 0.1) is 0 Å². The number of hydrogen-bond acceptors (Lipinski definition) is 4. The minimum absolute atomic E-state index is 0.0119. The number of aliphatic hydroxyl groups excluding tert-OH is 1. The molecule has 0 aliphatic rings. The number of carbonyl (C=O) groups is 1. The van der Waals surface area contributed by atoms with Gasteiger partial charge in [-0.15, -0.1) is 0 Å². The Morgan fingerprint density at radius 2 is 1.85 bits per heavy atom. The fraction of sp³-hybridized carbons (Fsp3) is 0.0476. The number of aliphatic hydroxyl groups is 1. The summed E-state index contributed by atoms with van der Waals surface area (Å²) in [5.41, 5.74) is 4.31. The minimum atomic E-state index is -0.197. The molecule has 2 N–H and O–H groups in total. The average molecular weight is 439 g/mol. The highest BCUT2D eigenvalue weighted by atomic mass is 79.9. The van der Waals surface area contributed by atoms with Crippen molar-refractivity contribution >= 4 is 48.5 Å². The van der Waals surface area contributed by atoms with E-state index in [1.165, 1.54) is 11.3 Å². The number of thiazole rings is 1. The molecule has 0 aliphatic heterocycles. The van der Waals surface area contributed by atoms with Crippen LogP contribution in [-0.4, -0.2) is 16.0 Å². The van der Waals surface area contributed by atoms with Gasteiger partial charge >= 0.3 is 0 Å². The van der Waals surface area contributed by atoms with Crippen LogP contribution >= 0.6 is 27.3 Å². The first-order chi connectivity index (χ1) is 13.1. The molecule has 0 fully saturated rings. The first kappa shape index (κ1) is 17.9. The monoisotopic (exact) mass is 438 g/mol. The van der Waals surface area contributed by atoms with Crippen LogP contribution in [0.15, 0.2) is 71.2 Å². The molecule has 0 atom stereocenters. The highest BCUT2D eigenvalue weighted by Gasteiger charge is 2.13. The molecule has 1 aromatic heterocycles. The summed E-state index contributed by atoms with van der Waals surface area (Å²) in [7, 11) is 0. The van der Waals surface area contributed by atoms with Crippen LogP contribution in [0.1, 0.15) is 15.9 Å². The Labute approximate surface area is 168 Å². The summed E-state index contributed by atoms with van der Waals surface area (Å²) in [6, 6.07) is 21.1. The standard InChI is InChI=1S/C21H15BrN2O2S/c22-17-7-2-1-6-16(17)20(26)24-21-23-18-11-15(8-9-19(18)27-21)14-5-3-4-13(10-14)12-25/h1-11,25H,12H2,(H,23,24,26). The van der Waals surface area contributed by atoms with Crippen LogP contribution in [0.25, 0.3) is 21.3 Å². The van der Waals surface area contributed by atoms with E-state index in [-0.39, 0.29) is 12.5 Å². The summed E-state index contributed by atoms with van der Waals surface area (Å²) in [5.74, 6) is -0.197. The Balaban J connectivity index is 1.63. The van der Waals surface area contributed by atoms with Gasteiger partial charge < -0.3 is 5.11 Å². The Bertz CT molecular complexity index is 1140. The van der Waals surface area contributed by atoms with Crippen LogP contribution < -0.4 is 5.32 Å². The second-order valence-electron chi connectivity index (χ2n) is 5.99. The van der Waals surface area contributed by atoms with E-state index in [0.29, 0.717) is 10.7 Å². The van der Waals surface area contributed by atoms with Gasteiger partial charge in [-0.2, -0.15) is 0 Å². The molecule has 27 heavy (non-hydrogen) atoms. The number of rotatable bonds is 4. The Kier molecular flexibility index (Phi) is 5.03. The summed E-state index contributed by atoms with van der Waals surface area (Å²) >= 11 is 4.84. The lowest BCUT2D eigenvalue weighted by Crippen LogP contribution is -2.12. The van der Waals surface area contributed by atoms with E-state index in [0.717, 1.165) is 31.4 Å².